The predicted molar refractivity (Wildman–Crippen MR) is 112 cm³/mol. The van der Waals surface area contributed by atoms with E-state index in [4.69, 9.17) is 4.98 Å². The highest BCUT2D eigenvalue weighted by Gasteiger charge is 2.16. The second-order valence-corrected chi connectivity index (χ2v) is 7.93. The number of fused-ring (bicyclic) bond motifs is 1. The van der Waals surface area contributed by atoms with Crippen LogP contribution in [-0.4, -0.2) is 34.1 Å². The first-order valence-electron chi connectivity index (χ1n) is 9.72. The zero-order valence-electron chi connectivity index (χ0n) is 16.8. The van der Waals surface area contributed by atoms with Crippen molar-refractivity contribution in [2.24, 2.45) is 0 Å². The zero-order chi connectivity index (χ0) is 18.7. The van der Waals surface area contributed by atoms with E-state index in [1.807, 2.05) is 0 Å². The molecule has 26 heavy (non-hydrogen) atoms. The minimum absolute atomic E-state index is 0.168. The van der Waals surface area contributed by atoms with Gasteiger partial charge in [0, 0.05) is 18.7 Å². The van der Waals surface area contributed by atoms with Crippen molar-refractivity contribution in [3.8, 4) is 11.4 Å². The Hall–Kier alpha value is -2.13. The summed E-state index contributed by atoms with van der Waals surface area (Å²) >= 11 is 0. The standard InChI is InChI=1S/C23H31N3/c1-6-25(7-2)16-17-26-21-11-9-8-10-20(21)24-22(26)18-12-14-19(15-13-18)23(3,4)5/h8-15H,6-7,16-17H2,1-5H3. The highest BCUT2D eigenvalue weighted by Crippen LogP contribution is 2.28. The van der Waals surface area contributed by atoms with E-state index in [9.17, 15) is 0 Å². The first-order valence-corrected chi connectivity index (χ1v) is 9.72. The van der Waals surface area contributed by atoms with Crippen molar-refractivity contribution in [2.75, 3.05) is 19.6 Å². The minimum atomic E-state index is 0.168. The summed E-state index contributed by atoms with van der Waals surface area (Å²) in [7, 11) is 0. The van der Waals surface area contributed by atoms with E-state index in [1.54, 1.807) is 0 Å². The third-order valence-electron chi connectivity index (χ3n) is 5.20. The van der Waals surface area contributed by atoms with Gasteiger partial charge >= 0.3 is 0 Å². The predicted octanol–water partition coefficient (Wildman–Crippen LogP) is 5.34. The van der Waals surface area contributed by atoms with Gasteiger partial charge in [-0.25, -0.2) is 4.98 Å². The Morgan fingerprint density at radius 3 is 2.19 bits per heavy atom. The fourth-order valence-electron chi connectivity index (χ4n) is 3.42. The molecule has 3 nitrogen and oxygen atoms in total. The van der Waals surface area contributed by atoms with E-state index in [1.165, 1.54) is 16.6 Å². The Morgan fingerprint density at radius 1 is 0.923 bits per heavy atom. The van der Waals surface area contributed by atoms with Crippen LogP contribution in [0.25, 0.3) is 22.4 Å². The molecule has 0 spiro atoms. The second-order valence-electron chi connectivity index (χ2n) is 7.93. The summed E-state index contributed by atoms with van der Waals surface area (Å²) < 4.78 is 2.37. The lowest BCUT2D eigenvalue weighted by atomic mass is 9.87. The molecule has 138 valence electrons. The van der Waals surface area contributed by atoms with Crippen LogP contribution in [0.2, 0.25) is 0 Å². The molecule has 3 rings (SSSR count). The summed E-state index contributed by atoms with van der Waals surface area (Å²) in [5.41, 5.74) is 5.00. The Bertz CT molecular complexity index is 849. The van der Waals surface area contributed by atoms with Gasteiger partial charge in [-0.3, -0.25) is 0 Å². The normalized spacial score (nSPS) is 12.2. The lowest BCUT2D eigenvalue weighted by Gasteiger charge is -2.20. The molecule has 0 N–H and O–H groups in total. The lowest BCUT2D eigenvalue weighted by Crippen LogP contribution is -2.27. The summed E-state index contributed by atoms with van der Waals surface area (Å²) in [5.74, 6) is 1.07. The SMILES string of the molecule is CCN(CC)CCn1c(-c2ccc(C(C)(C)C)cc2)nc2ccccc21. The fraction of sp³-hybridized carbons (Fsp3) is 0.435. The molecule has 0 unspecified atom stereocenters. The number of likely N-dealkylation sites (N-methyl/N-ethyl adjacent to an activating group) is 1. The third kappa shape index (κ3) is 3.83. The van der Waals surface area contributed by atoms with Crippen molar-refractivity contribution in [1.29, 1.82) is 0 Å². The first kappa shape index (κ1) is 18.7. The van der Waals surface area contributed by atoms with Crippen LogP contribution in [0.15, 0.2) is 48.5 Å². The molecule has 0 amide bonds. The Kier molecular flexibility index (Phi) is 5.47. The minimum Gasteiger partial charge on any atom is -0.323 e. The number of benzene rings is 2. The Morgan fingerprint density at radius 2 is 1.58 bits per heavy atom. The summed E-state index contributed by atoms with van der Waals surface area (Å²) in [5, 5.41) is 0. The van der Waals surface area contributed by atoms with Crippen LogP contribution in [0.3, 0.4) is 0 Å². The molecule has 2 aromatic carbocycles. The van der Waals surface area contributed by atoms with Gasteiger partial charge in [-0.1, -0.05) is 71.0 Å². The van der Waals surface area contributed by atoms with Crippen molar-refractivity contribution in [1.82, 2.24) is 14.5 Å². The monoisotopic (exact) mass is 349 g/mol. The average molecular weight is 350 g/mol. The maximum absolute atomic E-state index is 4.95. The molecule has 0 aliphatic carbocycles. The van der Waals surface area contributed by atoms with Crippen molar-refractivity contribution < 1.29 is 0 Å². The van der Waals surface area contributed by atoms with E-state index in [-0.39, 0.29) is 5.41 Å². The van der Waals surface area contributed by atoms with Crippen LogP contribution in [0.4, 0.5) is 0 Å². The molecule has 3 aromatic rings. The van der Waals surface area contributed by atoms with E-state index < -0.39 is 0 Å². The summed E-state index contributed by atoms with van der Waals surface area (Å²) in [4.78, 5) is 7.41. The van der Waals surface area contributed by atoms with Crippen LogP contribution in [0, 0.1) is 0 Å². The number of para-hydroxylation sites is 2. The first-order chi connectivity index (χ1) is 12.4. The van der Waals surface area contributed by atoms with Gasteiger partial charge in [0.05, 0.1) is 11.0 Å². The Balaban J connectivity index is 2.00. The molecule has 0 aliphatic rings. The van der Waals surface area contributed by atoms with Gasteiger partial charge in [-0.2, -0.15) is 0 Å². The number of rotatable bonds is 6. The van der Waals surface area contributed by atoms with Crippen LogP contribution >= 0.6 is 0 Å². The average Bonchev–Trinajstić information content (AvgIpc) is 3.01. The highest BCUT2D eigenvalue weighted by molar-refractivity contribution is 5.80. The number of hydrogen-bond acceptors (Lipinski definition) is 2. The fourth-order valence-corrected chi connectivity index (χ4v) is 3.42. The molecule has 3 heteroatoms. The maximum Gasteiger partial charge on any atom is 0.141 e. The third-order valence-corrected chi connectivity index (χ3v) is 5.20. The second kappa shape index (κ2) is 7.63. The van der Waals surface area contributed by atoms with Crippen LogP contribution < -0.4 is 0 Å². The zero-order valence-corrected chi connectivity index (χ0v) is 16.8. The molecular formula is C23H31N3. The van der Waals surface area contributed by atoms with Crippen molar-refractivity contribution in [3.05, 3.63) is 54.1 Å². The quantitative estimate of drug-likeness (QED) is 0.599. The van der Waals surface area contributed by atoms with Gasteiger partial charge in [-0.05, 0) is 36.2 Å². The van der Waals surface area contributed by atoms with Gasteiger partial charge in [0.1, 0.15) is 5.82 Å². The molecule has 0 saturated carbocycles. The topological polar surface area (TPSA) is 21.1 Å². The smallest absolute Gasteiger partial charge is 0.141 e. The lowest BCUT2D eigenvalue weighted by molar-refractivity contribution is 0.292. The number of imidazole rings is 1. The highest BCUT2D eigenvalue weighted by atomic mass is 15.2. The molecule has 0 radical (unpaired) electrons. The van der Waals surface area contributed by atoms with Gasteiger partial charge in [0.25, 0.3) is 0 Å². The van der Waals surface area contributed by atoms with Crippen LogP contribution in [0.1, 0.15) is 40.2 Å². The van der Waals surface area contributed by atoms with E-state index >= 15 is 0 Å². The molecule has 1 aromatic heterocycles. The molecule has 1 heterocycles. The molecule has 0 fully saturated rings. The Labute approximate surface area is 157 Å². The van der Waals surface area contributed by atoms with Crippen molar-refractivity contribution >= 4 is 11.0 Å². The van der Waals surface area contributed by atoms with E-state index in [0.717, 1.165) is 37.5 Å². The van der Waals surface area contributed by atoms with Gasteiger partial charge in [-0.15, -0.1) is 0 Å². The van der Waals surface area contributed by atoms with Crippen molar-refractivity contribution in [3.63, 3.8) is 0 Å². The molecule has 0 atom stereocenters. The van der Waals surface area contributed by atoms with Crippen LogP contribution in [0.5, 0.6) is 0 Å². The number of nitrogens with zero attached hydrogens (tertiary/aromatic N) is 3. The van der Waals surface area contributed by atoms with Gasteiger partial charge < -0.3 is 9.47 Å². The molecule has 0 bridgehead atoms. The number of aromatic nitrogens is 2. The summed E-state index contributed by atoms with van der Waals surface area (Å²) in [6, 6.07) is 17.4. The molecule has 0 saturated heterocycles. The molecule has 0 aliphatic heterocycles. The summed E-state index contributed by atoms with van der Waals surface area (Å²) in [6.45, 7) is 15.4. The maximum atomic E-state index is 4.95. The van der Waals surface area contributed by atoms with E-state index in [0.29, 0.717) is 0 Å². The number of hydrogen-bond donors (Lipinski definition) is 0. The molecular weight excluding hydrogens is 318 g/mol. The van der Waals surface area contributed by atoms with Gasteiger partial charge in [0.2, 0.25) is 0 Å². The summed E-state index contributed by atoms with van der Waals surface area (Å²) in [6.07, 6.45) is 0. The van der Waals surface area contributed by atoms with Crippen LogP contribution in [-0.2, 0) is 12.0 Å². The largest absolute Gasteiger partial charge is 0.323 e. The van der Waals surface area contributed by atoms with Gasteiger partial charge in [0.15, 0.2) is 0 Å². The van der Waals surface area contributed by atoms with E-state index in [2.05, 4.69) is 92.6 Å². The van der Waals surface area contributed by atoms with Crippen molar-refractivity contribution in [2.45, 2.75) is 46.6 Å².